The summed E-state index contributed by atoms with van der Waals surface area (Å²) in [6.45, 7) is 0.989. The number of furan rings is 1. The molecule has 9 heteroatoms. The Labute approximate surface area is 176 Å². The summed E-state index contributed by atoms with van der Waals surface area (Å²) < 4.78 is 18.4. The van der Waals surface area contributed by atoms with E-state index < -0.39 is 17.6 Å². The number of piperazine rings is 1. The van der Waals surface area contributed by atoms with Crippen molar-refractivity contribution in [3.63, 3.8) is 0 Å². The SMILES string of the molecule is O=C(Nc1ccc(Cl)c2ccoc12)C(=O)N1CCN(C(=O)c2ccc(F)cc2)CC1. The van der Waals surface area contributed by atoms with E-state index in [2.05, 4.69) is 5.32 Å². The third-order valence-corrected chi connectivity index (χ3v) is 5.28. The molecule has 0 bridgehead atoms. The minimum Gasteiger partial charge on any atom is -0.462 e. The summed E-state index contributed by atoms with van der Waals surface area (Å²) in [6.07, 6.45) is 1.45. The maximum Gasteiger partial charge on any atom is 0.314 e. The highest BCUT2D eigenvalue weighted by molar-refractivity contribution is 6.40. The second-order valence-electron chi connectivity index (χ2n) is 6.80. The molecule has 154 valence electrons. The molecular weight excluding hydrogens is 413 g/mol. The molecule has 0 unspecified atom stereocenters. The average Bonchev–Trinajstić information content (AvgIpc) is 3.26. The molecule has 1 saturated heterocycles. The van der Waals surface area contributed by atoms with Crippen molar-refractivity contribution in [1.29, 1.82) is 0 Å². The maximum absolute atomic E-state index is 13.0. The molecule has 3 aromatic rings. The van der Waals surface area contributed by atoms with Crippen LogP contribution in [0.3, 0.4) is 0 Å². The Morgan fingerprint density at radius 1 is 0.933 bits per heavy atom. The number of halogens is 2. The number of benzene rings is 2. The summed E-state index contributed by atoms with van der Waals surface area (Å²) in [4.78, 5) is 40.4. The van der Waals surface area contributed by atoms with E-state index in [1.807, 2.05) is 0 Å². The van der Waals surface area contributed by atoms with Crippen LogP contribution in [0.2, 0.25) is 5.02 Å². The predicted molar refractivity (Wildman–Crippen MR) is 109 cm³/mol. The van der Waals surface area contributed by atoms with Gasteiger partial charge in [0, 0.05) is 37.1 Å². The Hall–Kier alpha value is -3.39. The van der Waals surface area contributed by atoms with Crippen molar-refractivity contribution in [2.75, 3.05) is 31.5 Å². The molecule has 7 nitrogen and oxygen atoms in total. The molecule has 2 heterocycles. The van der Waals surface area contributed by atoms with Crippen molar-refractivity contribution in [3.8, 4) is 0 Å². The van der Waals surface area contributed by atoms with Gasteiger partial charge in [-0.05, 0) is 42.5 Å². The average molecular weight is 430 g/mol. The van der Waals surface area contributed by atoms with Crippen LogP contribution >= 0.6 is 11.6 Å². The predicted octanol–water partition coefficient (Wildman–Crippen LogP) is 3.15. The fourth-order valence-electron chi connectivity index (χ4n) is 3.33. The van der Waals surface area contributed by atoms with E-state index in [0.29, 0.717) is 27.2 Å². The zero-order valence-corrected chi connectivity index (χ0v) is 16.5. The molecule has 1 aromatic heterocycles. The van der Waals surface area contributed by atoms with Gasteiger partial charge in [-0.1, -0.05) is 11.6 Å². The molecule has 0 atom stereocenters. The molecule has 0 radical (unpaired) electrons. The van der Waals surface area contributed by atoms with Crippen LogP contribution in [0.4, 0.5) is 10.1 Å². The van der Waals surface area contributed by atoms with Gasteiger partial charge in [0.15, 0.2) is 5.58 Å². The van der Waals surface area contributed by atoms with Crippen molar-refractivity contribution >= 4 is 46.0 Å². The van der Waals surface area contributed by atoms with Gasteiger partial charge in [0.2, 0.25) is 0 Å². The first-order chi connectivity index (χ1) is 14.4. The topological polar surface area (TPSA) is 82.9 Å². The lowest BCUT2D eigenvalue weighted by atomic mass is 10.1. The lowest BCUT2D eigenvalue weighted by molar-refractivity contribution is -0.144. The van der Waals surface area contributed by atoms with Gasteiger partial charge in [-0.15, -0.1) is 0 Å². The largest absolute Gasteiger partial charge is 0.462 e. The highest BCUT2D eigenvalue weighted by Crippen LogP contribution is 2.30. The first-order valence-corrected chi connectivity index (χ1v) is 9.62. The van der Waals surface area contributed by atoms with Gasteiger partial charge in [-0.3, -0.25) is 14.4 Å². The molecule has 4 rings (SSSR count). The molecule has 3 amide bonds. The normalized spacial score (nSPS) is 14.1. The molecule has 1 aliphatic heterocycles. The van der Waals surface area contributed by atoms with Crippen LogP contribution in [-0.2, 0) is 9.59 Å². The van der Waals surface area contributed by atoms with Crippen LogP contribution in [0.15, 0.2) is 53.1 Å². The number of fused-ring (bicyclic) bond motifs is 1. The fourth-order valence-corrected chi connectivity index (χ4v) is 3.55. The van der Waals surface area contributed by atoms with Crippen LogP contribution in [-0.4, -0.2) is 53.7 Å². The third-order valence-electron chi connectivity index (χ3n) is 4.95. The Morgan fingerprint density at radius 3 is 2.30 bits per heavy atom. The highest BCUT2D eigenvalue weighted by atomic mass is 35.5. The fraction of sp³-hybridized carbons (Fsp3) is 0.190. The standard InChI is InChI=1S/C21H17ClFN3O4/c22-16-5-6-17(18-15(16)7-12-30-18)24-19(27)21(29)26-10-8-25(9-11-26)20(28)13-1-3-14(23)4-2-13/h1-7,12H,8-11H2,(H,24,27). The van der Waals surface area contributed by atoms with Gasteiger partial charge in [0.05, 0.1) is 17.0 Å². The van der Waals surface area contributed by atoms with E-state index in [0.717, 1.165) is 0 Å². The number of nitrogens with one attached hydrogen (secondary N) is 1. The Morgan fingerprint density at radius 2 is 1.60 bits per heavy atom. The lowest BCUT2D eigenvalue weighted by Crippen LogP contribution is -2.53. The zero-order valence-electron chi connectivity index (χ0n) is 15.7. The van der Waals surface area contributed by atoms with E-state index in [1.54, 1.807) is 23.1 Å². The quantitative estimate of drug-likeness (QED) is 0.634. The number of hydrogen-bond donors (Lipinski definition) is 1. The smallest absolute Gasteiger partial charge is 0.314 e. The molecule has 1 N–H and O–H groups in total. The molecule has 0 aliphatic carbocycles. The van der Waals surface area contributed by atoms with Crippen LogP contribution in [0.5, 0.6) is 0 Å². The molecule has 0 spiro atoms. The highest BCUT2D eigenvalue weighted by Gasteiger charge is 2.28. The number of carbonyl (C=O) groups excluding carboxylic acids is 3. The van der Waals surface area contributed by atoms with E-state index in [-0.39, 0.29) is 32.1 Å². The Balaban J connectivity index is 1.37. The Bertz CT molecular complexity index is 1120. The number of rotatable bonds is 2. The van der Waals surface area contributed by atoms with Crippen LogP contribution in [0.1, 0.15) is 10.4 Å². The zero-order chi connectivity index (χ0) is 21.3. The number of hydrogen-bond acceptors (Lipinski definition) is 4. The van der Waals surface area contributed by atoms with Crippen LogP contribution < -0.4 is 5.32 Å². The van der Waals surface area contributed by atoms with Gasteiger partial charge in [0.25, 0.3) is 5.91 Å². The van der Waals surface area contributed by atoms with Crippen LogP contribution in [0, 0.1) is 5.82 Å². The van der Waals surface area contributed by atoms with Gasteiger partial charge in [-0.2, -0.15) is 0 Å². The summed E-state index contributed by atoms with van der Waals surface area (Å²) in [5.74, 6) is -2.15. The van der Waals surface area contributed by atoms with E-state index in [4.69, 9.17) is 16.0 Å². The van der Waals surface area contributed by atoms with E-state index in [1.165, 1.54) is 35.4 Å². The lowest BCUT2D eigenvalue weighted by Gasteiger charge is -2.34. The van der Waals surface area contributed by atoms with Gasteiger partial charge >= 0.3 is 11.8 Å². The maximum atomic E-state index is 13.0. The summed E-state index contributed by atoms with van der Waals surface area (Å²) in [5, 5.41) is 3.67. The van der Waals surface area contributed by atoms with Crippen molar-refractivity contribution in [2.45, 2.75) is 0 Å². The Kier molecular flexibility index (Phi) is 5.41. The van der Waals surface area contributed by atoms with Crippen LogP contribution in [0.25, 0.3) is 11.0 Å². The molecule has 2 aromatic carbocycles. The monoisotopic (exact) mass is 429 g/mol. The first-order valence-electron chi connectivity index (χ1n) is 9.25. The van der Waals surface area contributed by atoms with E-state index >= 15 is 0 Å². The molecule has 0 saturated carbocycles. The number of nitrogens with zero attached hydrogens (tertiary/aromatic N) is 2. The van der Waals surface area contributed by atoms with Gasteiger partial charge in [-0.25, -0.2) is 4.39 Å². The molecule has 1 fully saturated rings. The first kappa shape index (κ1) is 19.9. The van der Waals surface area contributed by atoms with Crippen molar-refractivity contribution < 1.29 is 23.2 Å². The number of anilines is 1. The van der Waals surface area contributed by atoms with Gasteiger partial charge < -0.3 is 19.5 Å². The van der Waals surface area contributed by atoms with Crippen molar-refractivity contribution in [2.24, 2.45) is 0 Å². The second-order valence-corrected chi connectivity index (χ2v) is 7.21. The summed E-state index contributed by atoms with van der Waals surface area (Å²) >= 11 is 6.08. The summed E-state index contributed by atoms with van der Waals surface area (Å²) in [7, 11) is 0. The second kappa shape index (κ2) is 8.16. The number of carbonyl (C=O) groups is 3. The van der Waals surface area contributed by atoms with Crippen molar-refractivity contribution in [1.82, 2.24) is 9.80 Å². The van der Waals surface area contributed by atoms with Crippen molar-refractivity contribution in [3.05, 3.63) is 65.1 Å². The third kappa shape index (κ3) is 3.86. The molecule has 30 heavy (non-hydrogen) atoms. The minimum atomic E-state index is -0.798. The molecular formula is C21H17ClFN3O4. The van der Waals surface area contributed by atoms with E-state index in [9.17, 15) is 18.8 Å². The summed E-state index contributed by atoms with van der Waals surface area (Å²) in [6, 6.07) is 10.1. The number of amides is 3. The van der Waals surface area contributed by atoms with Gasteiger partial charge in [0.1, 0.15) is 5.82 Å². The molecule has 1 aliphatic rings. The summed E-state index contributed by atoms with van der Waals surface area (Å²) in [5.41, 5.74) is 1.11. The minimum absolute atomic E-state index is 0.218.